The summed E-state index contributed by atoms with van der Waals surface area (Å²) in [4.78, 5) is 33.8. The van der Waals surface area contributed by atoms with E-state index in [1.165, 1.54) is 36.4 Å². The first kappa shape index (κ1) is 16.2. The van der Waals surface area contributed by atoms with Crippen LogP contribution in [0.3, 0.4) is 0 Å². The van der Waals surface area contributed by atoms with Crippen molar-refractivity contribution in [1.82, 2.24) is 0 Å². The van der Waals surface area contributed by atoms with E-state index in [4.69, 9.17) is 0 Å². The molecule has 0 saturated carbocycles. The largest absolute Gasteiger partial charge is 0.453 e. The summed E-state index contributed by atoms with van der Waals surface area (Å²) in [5.74, 6) is -1.10. The predicted molar refractivity (Wildman–Crippen MR) is 82.2 cm³/mol. The van der Waals surface area contributed by atoms with Gasteiger partial charge in [-0.25, -0.2) is 9.18 Å². The van der Waals surface area contributed by atoms with Gasteiger partial charge in [0.2, 0.25) is 0 Å². The monoisotopic (exact) mass is 316 g/mol. The minimum atomic E-state index is -0.822. The minimum absolute atomic E-state index is 0.119. The molecule has 0 fully saturated rings. The second-order valence-electron chi connectivity index (χ2n) is 4.51. The minimum Gasteiger partial charge on any atom is -0.453 e. The van der Waals surface area contributed by atoms with Crippen molar-refractivity contribution >= 4 is 29.7 Å². The smallest absolute Gasteiger partial charge is 0.411 e. The Balaban J connectivity index is 2.15. The Hall–Kier alpha value is -3.22. The molecule has 0 spiro atoms. The highest BCUT2D eigenvalue weighted by atomic mass is 19.1. The number of rotatable bonds is 4. The third-order valence-corrected chi connectivity index (χ3v) is 2.96. The number of benzene rings is 2. The predicted octanol–water partition coefficient (Wildman–Crippen LogP) is 3.07. The molecule has 0 saturated heterocycles. The summed E-state index contributed by atoms with van der Waals surface area (Å²) < 4.78 is 18.0. The molecule has 2 rings (SSSR count). The molecule has 0 heterocycles. The molecule has 2 aromatic carbocycles. The van der Waals surface area contributed by atoms with Crippen molar-refractivity contribution in [1.29, 1.82) is 0 Å². The van der Waals surface area contributed by atoms with Gasteiger partial charge in [0, 0.05) is 16.8 Å². The topological polar surface area (TPSA) is 84.5 Å². The van der Waals surface area contributed by atoms with Crippen LogP contribution in [0.15, 0.2) is 42.5 Å². The number of anilines is 2. The molecule has 0 atom stereocenters. The number of carbonyl (C=O) groups excluding carboxylic acids is 3. The Morgan fingerprint density at radius 1 is 1.09 bits per heavy atom. The summed E-state index contributed by atoms with van der Waals surface area (Å²) in [5.41, 5.74) is 0.962. The zero-order chi connectivity index (χ0) is 16.8. The molecule has 7 heteroatoms. The molecular formula is C16H13FN2O4. The van der Waals surface area contributed by atoms with Gasteiger partial charge in [-0.15, -0.1) is 0 Å². The van der Waals surface area contributed by atoms with Crippen molar-refractivity contribution in [3.05, 3.63) is 59.4 Å². The van der Waals surface area contributed by atoms with Crippen molar-refractivity contribution < 1.29 is 23.5 Å². The van der Waals surface area contributed by atoms with Gasteiger partial charge in [-0.2, -0.15) is 0 Å². The highest BCUT2D eigenvalue weighted by molar-refractivity contribution is 6.04. The maximum atomic E-state index is 13.6. The van der Waals surface area contributed by atoms with Gasteiger partial charge in [0.05, 0.1) is 12.8 Å². The highest BCUT2D eigenvalue weighted by Gasteiger charge is 2.10. The van der Waals surface area contributed by atoms with E-state index in [2.05, 4.69) is 15.4 Å². The number of ether oxygens (including phenoxy) is 1. The van der Waals surface area contributed by atoms with Crippen LogP contribution in [0, 0.1) is 5.82 Å². The summed E-state index contributed by atoms with van der Waals surface area (Å²) in [5, 5.41) is 4.77. The quantitative estimate of drug-likeness (QED) is 0.849. The lowest BCUT2D eigenvalue weighted by molar-refractivity contribution is 0.102. The van der Waals surface area contributed by atoms with Crippen LogP contribution in [0.5, 0.6) is 0 Å². The SMILES string of the molecule is COC(=O)Nc1cc(NC(=O)c2ccc(C=O)cc2)ccc1F. The first-order valence-corrected chi connectivity index (χ1v) is 6.54. The molecule has 6 nitrogen and oxygen atoms in total. The molecule has 2 N–H and O–H groups in total. The molecule has 0 aliphatic heterocycles. The normalized spacial score (nSPS) is 9.83. The van der Waals surface area contributed by atoms with Gasteiger partial charge >= 0.3 is 6.09 Å². The maximum absolute atomic E-state index is 13.6. The van der Waals surface area contributed by atoms with Crippen LogP contribution in [-0.2, 0) is 4.74 Å². The van der Waals surface area contributed by atoms with Crippen molar-refractivity contribution in [2.75, 3.05) is 17.7 Å². The third kappa shape index (κ3) is 4.13. The fourth-order valence-electron chi connectivity index (χ4n) is 1.78. The molecule has 0 unspecified atom stereocenters. The van der Waals surface area contributed by atoms with E-state index in [1.54, 1.807) is 0 Å². The maximum Gasteiger partial charge on any atom is 0.411 e. The molecule has 0 aliphatic carbocycles. The summed E-state index contributed by atoms with van der Waals surface area (Å²) in [6, 6.07) is 9.75. The number of hydrogen-bond acceptors (Lipinski definition) is 4. The van der Waals surface area contributed by atoms with Gasteiger partial charge in [-0.05, 0) is 30.3 Å². The first-order valence-electron chi connectivity index (χ1n) is 6.54. The van der Waals surface area contributed by atoms with Crippen LogP contribution in [-0.4, -0.2) is 25.4 Å². The van der Waals surface area contributed by atoms with Crippen molar-refractivity contribution in [3.63, 3.8) is 0 Å². The average molecular weight is 316 g/mol. The van der Waals surface area contributed by atoms with Gasteiger partial charge in [0.25, 0.3) is 5.91 Å². The number of nitrogens with one attached hydrogen (secondary N) is 2. The summed E-state index contributed by atoms with van der Waals surface area (Å²) >= 11 is 0. The van der Waals surface area contributed by atoms with Crippen LogP contribution in [0.25, 0.3) is 0 Å². The molecule has 2 amide bonds. The fraction of sp³-hybridized carbons (Fsp3) is 0.0625. The highest BCUT2D eigenvalue weighted by Crippen LogP contribution is 2.20. The van der Waals surface area contributed by atoms with E-state index in [0.29, 0.717) is 23.1 Å². The lowest BCUT2D eigenvalue weighted by Crippen LogP contribution is -2.14. The first-order chi connectivity index (χ1) is 11.0. The second kappa shape index (κ2) is 7.17. The lowest BCUT2D eigenvalue weighted by atomic mass is 10.1. The second-order valence-corrected chi connectivity index (χ2v) is 4.51. The van der Waals surface area contributed by atoms with Gasteiger partial charge in [0.15, 0.2) is 0 Å². The number of carbonyl (C=O) groups is 3. The van der Waals surface area contributed by atoms with Crippen LogP contribution < -0.4 is 10.6 Å². The Kier molecular flexibility index (Phi) is 5.03. The van der Waals surface area contributed by atoms with Crippen LogP contribution in [0.2, 0.25) is 0 Å². The summed E-state index contributed by atoms with van der Waals surface area (Å²) in [7, 11) is 1.15. The average Bonchev–Trinajstić information content (AvgIpc) is 2.57. The van der Waals surface area contributed by atoms with Crippen LogP contribution >= 0.6 is 0 Å². The molecule has 0 aliphatic rings. The molecule has 118 valence electrons. The van der Waals surface area contributed by atoms with E-state index in [9.17, 15) is 18.8 Å². The van der Waals surface area contributed by atoms with E-state index in [-0.39, 0.29) is 5.69 Å². The number of methoxy groups -OCH3 is 1. The van der Waals surface area contributed by atoms with E-state index in [1.807, 2.05) is 0 Å². The number of aldehydes is 1. The zero-order valence-electron chi connectivity index (χ0n) is 12.1. The van der Waals surface area contributed by atoms with Gasteiger partial charge in [-0.1, -0.05) is 12.1 Å². The molecular weight excluding hydrogens is 303 g/mol. The number of hydrogen-bond donors (Lipinski definition) is 2. The Labute approximate surface area is 131 Å². The van der Waals surface area contributed by atoms with Gasteiger partial charge in [0.1, 0.15) is 12.1 Å². The zero-order valence-corrected chi connectivity index (χ0v) is 12.1. The molecule has 0 radical (unpaired) electrons. The Morgan fingerprint density at radius 3 is 2.39 bits per heavy atom. The van der Waals surface area contributed by atoms with Gasteiger partial charge < -0.3 is 10.1 Å². The summed E-state index contributed by atoms with van der Waals surface area (Å²) in [6.07, 6.45) is -0.149. The third-order valence-electron chi connectivity index (χ3n) is 2.96. The van der Waals surface area contributed by atoms with Crippen LogP contribution in [0.1, 0.15) is 20.7 Å². The molecule has 0 bridgehead atoms. The lowest BCUT2D eigenvalue weighted by Gasteiger charge is -2.09. The number of halogens is 1. The molecule has 0 aromatic heterocycles. The molecule has 2 aromatic rings. The van der Waals surface area contributed by atoms with Gasteiger partial charge in [-0.3, -0.25) is 14.9 Å². The molecule has 23 heavy (non-hydrogen) atoms. The fourth-order valence-corrected chi connectivity index (χ4v) is 1.78. The standard InChI is InChI=1S/C16H13FN2O4/c1-23-16(22)19-14-8-12(6-7-13(14)17)18-15(21)11-4-2-10(9-20)3-5-11/h2-9H,1H3,(H,18,21)(H,19,22). The number of amides is 2. The van der Waals surface area contributed by atoms with E-state index in [0.717, 1.165) is 13.2 Å². The van der Waals surface area contributed by atoms with Crippen molar-refractivity contribution in [2.45, 2.75) is 0 Å². The summed E-state index contributed by atoms with van der Waals surface area (Å²) in [6.45, 7) is 0. The van der Waals surface area contributed by atoms with E-state index >= 15 is 0 Å². The Bertz CT molecular complexity index is 744. The van der Waals surface area contributed by atoms with E-state index < -0.39 is 17.8 Å². The van der Waals surface area contributed by atoms with Crippen molar-refractivity contribution in [2.24, 2.45) is 0 Å². The Morgan fingerprint density at radius 2 is 1.78 bits per heavy atom. The van der Waals surface area contributed by atoms with Crippen molar-refractivity contribution in [3.8, 4) is 0 Å². The van der Waals surface area contributed by atoms with Crippen LogP contribution in [0.4, 0.5) is 20.6 Å².